The number of rotatable bonds is 1. The second-order valence-corrected chi connectivity index (χ2v) is 2.85. The molecule has 7 heavy (non-hydrogen) atoms. The molecule has 40 valence electrons. The lowest BCUT2D eigenvalue weighted by Gasteiger charge is -2.06. The molecule has 0 rings (SSSR count). The molecule has 0 unspecified atom stereocenters. The second-order valence-electron chi connectivity index (χ2n) is 1.33. The Bertz CT molecular complexity index is 84.2. The third kappa shape index (κ3) is 2.83. The molecule has 1 atom stereocenters. The van der Waals surface area contributed by atoms with Crippen molar-refractivity contribution in [3.63, 3.8) is 0 Å². The van der Waals surface area contributed by atoms with Crippen LogP contribution in [-0.2, 0) is 0 Å². The normalized spacial score (nSPS) is 13.6. The Morgan fingerprint density at radius 1 is 1.86 bits per heavy atom. The van der Waals surface area contributed by atoms with Gasteiger partial charge >= 0.3 is 0 Å². The zero-order valence-electron chi connectivity index (χ0n) is 4.35. The van der Waals surface area contributed by atoms with Crippen LogP contribution in [0.3, 0.4) is 0 Å². The molecule has 0 saturated carbocycles. The van der Waals surface area contributed by atoms with E-state index in [1.54, 1.807) is 0 Å². The van der Waals surface area contributed by atoms with Crippen LogP contribution in [0.5, 0.6) is 0 Å². The van der Waals surface area contributed by atoms with Crippen molar-refractivity contribution in [1.82, 2.24) is 3.11 Å². The van der Waals surface area contributed by atoms with Crippen LogP contribution < -0.4 is 0 Å². The van der Waals surface area contributed by atoms with Gasteiger partial charge in [-0.1, -0.05) is 0 Å². The quantitative estimate of drug-likeness (QED) is 0.480. The first-order chi connectivity index (χ1) is 3.18. The predicted octanol–water partition coefficient (Wildman–Crippen LogP) is 1.18. The molecular formula is C4H7IN2. The Labute approximate surface area is 57.6 Å². The summed E-state index contributed by atoms with van der Waals surface area (Å²) in [6, 6.07) is 2.11. The SMILES string of the molecule is C[C@@H](C#N)N(C)I. The first kappa shape index (κ1) is 7.18. The van der Waals surface area contributed by atoms with Crippen LogP contribution in [0.1, 0.15) is 6.92 Å². The fourth-order valence-electron chi connectivity index (χ4n) is 0.0796. The summed E-state index contributed by atoms with van der Waals surface area (Å²) in [5.41, 5.74) is 0. The van der Waals surface area contributed by atoms with Crippen LogP contribution >= 0.6 is 22.9 Å². The van der Waals surface area contributed by atoms with Crippen LogP contribution in [-0.4, -0.2) is 16.2 Å². The molecule has 3 heteroatoms. The maximum atomic E-state index is 8.21. The van der Waals surface area contributed by atoms with Gasteiger partial charge in [-0.25, -0.2) is 3.11 Å². The smallest absolute Gasteiger partial charge is 0.103 e. The molecule has 0 amide bonds. The topological polar surface area (TPSA) is 27.0 Å². The molecule has 0 aliphatic rings. The Kier molecular flexibility index (Phi) is 3.30. The monoisotopic (exact) mass is 210 g/mol. The van der Waals surface area contributed by atoms with Gasteiger partial charge in [-0.3, -0.25) is 0 Å². The molecule has 0 aliphatic heterocycles. The van der Waals surface area contributed by atoms with Crippen molar-refractivity contribution < 1.29 is 0 Å². The third-order valence-electron chi connectivity index (χ3n) is 0.721. The Morgan fingerprint density at radius 3 is 2.29 bits per heavy atom. The summed E-state index contributed by atoms with van der Waals surface area (Å²) in [5.74, 6) is 0. The molecule has 0 aromatic carbocycles. The van der Waals surface area contributed by atoms with Crippen molar-refractivity contribution in [3.05, 3.63) is 0 Å². The number of hydrogen-bond acceptors (Lipinski definition) is 2. The minimum Gasteiger partial charge on any atom is -0.234 e. The van der Waals surface area contributed by atoms with E-state index in [-0.39, 0.29) is 6.04 Å². The number of halogens is 1. The highest BCUT2D eigenvalue weighted by Crippen LogP contribution is 1.98. The van der Waals surface area contributed by atoms with Gasteiger partial charge in [0, 0.05) is 22.9 Å². The largest absolute Gasteiger partial charge is 0.234 e. The lowest BCUT2D eigenvalue weighted by atomic mass is 10.4. The van der Waals surface area contributed by atoms with E-state index in [2.05, 4.69) is 28.9 Å². The molecule has 0 spiro atoms. The van der Waals surface area contributed by atoms with Crippen molar-refractivity contribution >= 4 is 22.9 Å². The summed E-state index contributed by atoms with van der Waals surface area (Å²) in [4.78, 5) is 0. The van der Waals surface area contributed by atoms with E-state index in [1.165, 1.54) is 0 Å². The van der Waals surface area contributed by atoms with E-state index in [0.29, 0.717) is 0 Å². The fourth-order valence-corrected chi connectivity index (χ4v) is 0.204. The summed E-state index contributed by atoms with van der Waals surface area (Å²) in [6.07, 6.45) is 0. The molecule has 0 N–H and O–H groups in total. The number of hydrogen-bond donors (Lipinski definition) is 0. The summed E-state index contributed by atoms with van der Waals surface area (Å²) in [7, 11) is 1.87. The molecule has 0 aromatic rings. The zero-order valence-corrected chi connectivity index (χ0v) is 6.51. The van der Waals surface area contributed by atoms with Gasteiger partial charge < -0.3 is 0 Å². The average Bonchev–Trinajstić information content (AvgIpc) is 1.65. The fraction of sp³-hybridized carbons (Fsp3) is 0.750. The van der Waals surface area contributed by atoms with E-state index >= 15 is 0 Å². The van der Waals surface area contributed by atoms with Crippen LogP contribution in [0.4, 0.5) is 0 Å². The van der Waals surface area contributed by atoms with Gasteiger partial charge in [0.15, 0.2) is 0 Å². The van der Waals surface area contributed by atoms with Gasteiger partial charge in [0.2, 0.25) is 0 Å². The standard InChI is InChI=1S/C4H7IN2/c1-4(3-6)7(2)5/h4H,1-2H3/t4-/m0/s1. The van der Waals surface area contributed by atoms with Crippen LogP contribution in [0.25, 0.3) is 0 Å². The predicted molar refractivity (Wildman–Crippen MR) is 36.9 cm³/mol. The van der Waals surface area contributed by atoms with Gasteiger partial charge in [-0.2, -0.15) is 5.26 Å². The third-order valence-corrected chi connectivity index (χ3v) is 1.56. The van der Waals surface area contributed by atoms with Gasteiger partial charge in [0.1, 0.15) is 6.04 Å². The van der Waals surface area contributed by atoms with Crippen molar-refractivity contribution in [2.24, 2.45) is 0 Å². The van der Waals surface area contributed by atoms with Crippen molar-refractivity contribution in [1.29, 1.82) is 5.26 Å². The molecule has 2 nitrogen and oxygen atoms in total. The first-order valence-corrected chi connectivity index (χ1v) is 2.93. The van der Waals surface area contributed by atoms with Gasteiger partial charge in [-0.15, -0.1) is 0 Å². The molecule has 0 fully saturated rings. The highest BCUT2D eigenvalue weighted by molar-refractivity contribution is 14.1. The van der Waals surface area contributed by atoms with Crippen molar-refractivity contribution in [3.8, 4) is 6.07 Å². The minimum absolute atomic E-state index is 0.0283. The molecule has 0 saturated heterocycles. The maximum absolute atomic E-state index is 8.21. The maximum Gasteiger partial charge on any atom is 0.103 e. The molecule has 0 heterocycles. The van der Waals surface area contributed by atoms with E-state index < -0.39 is 0 Å². The van der Waals surface area contributed by atoms with E-state index in [9.17, 15) is 0 Å². The van der Waals surface area contributed by atoms with Crippen LogP contribution in [0, 0.1) is 11.3 Å². The van der Waals surface area contributed by atoms with E-state index in [4.69, 9.17) is 5.26 Å². The van der Waals surface area contributed by atoms with Gasteiger partial charge in [-0.05, 0) is 14.0 Å². The highest BCUT2D eigenvalue weighted by Gasteiger charge is 1.99. The minimum atomic E-state index is 0.0283. The summed E-state index contributed by atoms with van der Waals surface area (Å²) >= 11 is 2.08. The molecule has 0 radical (unpaired) electrons. The van der Waals surface area contributed by atoms with Crippen LogP contribution in [0.2, 0.25) is 0 Å². The highest BCUT2D eigenvalue weighted by atomic mass is 127. The van der Waals surface area contributed by atoms with Crippen molar-refractivity contribution in [2.75, 3.05) is 7.05 Å². The molecule has 0 aromatic heterocycles. The number of nitrogens with zero attached hydrogens (tertiary/aromatic N) is 2. The summed E-state index contributed by atoms with van der Waals surface area (Å²) in [6.45, 7) is 1.85. The molecule has 0 bridgehead atoms. The van der Waals surface area contributed by atoms with Crippen molar-refractivity contribution in [2.45, 2.75) is 13.0 Å². The molecule has 0 aliphatic carbocycles. The van der Waals surface area contributed by atoms with E-state index in [1.807, 2.05) is 17.1 Å². The Hall–Kier alpha value is 0.180. The van der Waals surface area contributed by atoms with Gasteiger partial charge in [0.25, 0.3) is 0 Å². The Balaban J connectivity index is 3.40. The zero-order chi connectivity index (χ0) is 5.86. The lowest BCUT2D eigenvalue weighted by Crippen LogP contribution is -2.15. The Morgan fingerprint density at radius 2 is 2.29 bits per heavy atom. The lowest BCUT2D eigenvalue weighted by molar-refractivity contribution is 0.559. The summed E-state index contributed by atoms with van der Waals surface area (Å²) < 4.78 is 1.83. The average molecular weight is 210 g/mol. The molecular weight excluding hydrogens is 203 g/mol. The second kappa shape index (κ2) is 3.22. The van der Waals surface area contributed by atoms with Gasteiger partial charge in [0.05, 0.1) is 6.07 Å². The van der Waals surface area contributed by atoms with Crippen LogP contribution in [0.15, 0.2) is 0 Å². The number of nitriles is 1. The first-order valence-electron chi connectivity index (χ1n) is 1.96. The van der Waals surface area contributed by atoms with E-state index in [0.717, 1.165) is 0 Å². The summed E-state index contributed by atoms with van der Waals surface area (Å²) in [5, 5.41) is 8.21.